The van der Waals surface area contributed by atoms with Crippen LogP contribution in [0.3, 0.4) is 0 Å². The molecule has 3 aromatic carbocycles. The van der Waals surface area contributed by atoms with Gasteiger partial charge in [0.05, 0.1) is 11.3 Å². The molecule has 6 rings (SSSR count). The lowest BCUT2D eigenvalue weighted by Gasteiger charge is -2.32. The summed E-state index contributed by atoms with van der Waals surface area (Å²) in [6, 6.07) is 19.4. The summed E-state index contributed by atoms with van der Waals surface area (Å²) in [6.07, 6.45) is 0. The monoisotopic (exact) mass is 571 g/mol. The molecule has 0 fully saturated rings. The maximum Gasteiger partial charge on any atom is 0.299 e. The van der Waals surface area contributed by atoms with Crippen LogP contribution in [0.15, 0.2) is 84.2 Å². The van der Waals surface area contributed by atoms with Gasteiger partial charge in [0.15, 0.2) is 11.5 Å². The highest BCUT2D eigenvalue weighted by Crippen LogP contribution is 2.36. The fourth-order valence-corrected chi connectivity index (χ4v) is 5.63. The fourth-order valence-electron chi connectivity index (χ4n) is 4.80. The number of Topliss-reactive ketones (excluding diaryl/α,β-unsaturated/α-hetero) is 1. The third-order valence-corrected chi connectivity index (χ3v) is 7.70. The molecule has 206 valence electrons. The van der Waals surface area contributed by atoms with Crippen LogP contribution in [-0.2, 0) is 20.9 Å². The van der Waals surface area contributed by atoms with Crippen molar-refractivity contribution in [1.29, 1.82) is 0 Å². The molecule has 0 aliphatic carbocycles. The van der Waals surface area contributed by atoms with E-state index < -0.39 is 41.9 Å². The topological polar surface area (TPSA) is 105 Å². The van der Waals surface area contributed by atoms with E-state index in [1.807, 2.05) is 0 Å². The lowest BCUT2D eigenvalue weighted by atomic mass is 10.1. The number of benzene rings is 3. The average molecular weight is 572 g/mol. The van der Waals surface area contributed by atoms with Gasteiger partial charge in [0.1, 0.15) is 18.4 Å². The second-order valence-electron chi connectivity index (χ2n) is 9.36. The summed E-state index contributed by atoms with van der Waals surface area (Å²) < 4.78 is 24.4. The van der Waals surface area contributed by atoms with Crippen molar-refractivity contribution in [3.05, 3.63) is 106 Å². The first kappa shape index (κ1) is 26.2. The highest BCUT2D eigenvalue weighted by Gasteiger charge is 2.39. The van der Waals surface area contributed by atoms with Gasteiger partial charge in [-0.25, -0.2) is 4.39 Å². The summed E-state index contributed by atoms with van der Waals surface area (Å²) in [5, 5.41) is 4.65. The third-order valence-electron chi connectivity index (χ3n) is 6.77. The standard InChI is InChI=1S/C30H22FN3O6S/c31-19-9-7-18(8-10-19)15-34(26(35)16-33-22-5-2-1-4-21(22)28(36)30(33)38)27(25-6-3-13-41-25)29(37)32-20-11-12-23-24(14-20)40-17-39-23/h1-14,27H,15-17H2,(H,32,37). The molecule has 1 unspecified atom stereocenters. The molecule has 1 N–H and O–H groups in total. The van der Waals surface area contributed by atoms with E-state index in [1.165, 1.54) is 46.6 Å². The number of para-hydroxylation sites is 1. The lowest BCUT2D eigenvalue weighted by Crippen LogP contribution is -2.46. The van der Waals surface area contributed by atoms with Crippen LogP contribution in [0.5, 0.6) is 11.5 Å². The number of ether oxygens (including phenoxy) is 2. The average Bonchev–Trinajstić information content (AvgIpc) is 3.72. The summed E-state index contributed by atoms with van der Waals surface area (Å²) >= 11 is 1.29. The molecule has 0 spiro atoms. The Morgan fingerprint density at radius 2 is 1.76 bits per heavy atom. The van der Waals surface area contributed by atoms with E-state index in [9.17, 15) is 23.6 Å². The molecule has 2 aliphatic heterocycles. The van der Waals surface area contributed by atoms with Crippen LogP contribution in [0.2, 0.25) is 0 Å². The van der Waals surface area contributed by atoms with Crippen molar-refractivity contribution in [2.24, 2.45) is 0 Å². The number of amides is 3. The zero-order chi connectivity index (χ0) is 28.5. The van der Waals surface area contributed by atoms with E-state index in [-0.39, 0.29) is 18.9 Å². The molecule has 0 saturated heterocycles. The van der Waals surface area contributed by atoms with Gasteiger partial charge >= 0.3 is 0 Å². The number of carbonyl (C=O) groups is 4. The molecule has 1 atom stereocenters. The SMILES string of the molecule is O=C1C(=O)N(CC(=O)N(Cc2ccc(F)cc2)C(C(=O)Nc2ccc3c(c2)OCO3)c2cccs2)c2ccccc21. The van der Waals surface area contributed by atoms with Crippen molar-refractivity contribution in [3.63, 3.8) is 0 Å². The predicted molar refractivity (Wildman–Crippen MR) is 148 cm³/mol. The summed E-state index contributed by atoms with van der Waals surface area (Å²) in [5.74, 6) is -2.02. The summed E-state index contributed by atoms with van der Waals surface area (Å²) in [7, 11) is 0. The van der Waals surface area contributed by atoms with E-state index in [4.69, 9.17) is 9.47 Å². The van der Waals surface area contributed by atoms with Gasteiger partial charge in [0, 0.05) is 23.2 Å². The van der Waals surface area contributed by atoms with Crippen molar-refractivity contribution in [1.82, 2.24) is 4.90 Å². The second-order valence-corrected chi connectivity index (χ2v) is 10.3. The van der Waals surface area contributed by atoms with Gasteiger partial charge in [0.2, 0.25) is 12.7 Å². The zero-order valence-electron chi connectivity index (χ0n) is 21.4. The Morgan fingerprint density at radius 3 is 2.54 bits per heavy atom. The van der Waals surface area contributed by atoms with Gasteiger partial charge in [-0.1, -0.05) is 30.3 Å². The molecular weight excluding hydrogens is 549 g/mol. The number of ketones is 1. The van der Waals surface area contributed by atoms with Gasteiger partial charge < -0.3 is 19.7 Å². The smallest absolute Gasteiger partial charge is 0.299 e. The molecule has 2 aliphatic rings. The predicted octanol–water partition coefficient (Wildman–Crippen LogP) is 4.55. The normalized spacial score (nSPS) is 14.1. The van der Waals surface area contributed by atoms with Crippen molar-refractivity contribution < 1.29 is 33.0 Å². The number of anilines is 2. The van der Waals surface area contributed by atoms with Gasteiger partial charge in [0.25, 0.3) is 17.6 Å². The number of thiophene rings is 1. The number of nitrogens with one attached hydrogen (secondary N) is 1. The largest absolute Gasteiger partial charge is 0.454 e. The quantitative estimate of drug-likeness (QED) is 0.311. The molecule has 4 aromatic rings. The number of fused-ring (bicyclic) bond motifs is 2. The van der Waals surface area contributed by atoms with E-state index in [1.54, 1.807) is 53.9 Å². The summed E-state index contributed by atoms with van der Waals surface area (Å²) in [6.45, 7) is -0.457. The summed E-state index contributed by atoms with van der Waals surface area (Å²) in [4.78, 5) is 56.3. The van der Waals surface area contributed by atoms with Gasteiger partial charge in [-0.2, -0.15) is 0 Å². The molecule has 1 aromatic heterocycles. The first-order chi connectivity index (χ1) is 19.9. The highest BCUT2D eigenvalue weighted by atomic mass is 32.1. The van der Waals surface area contributed by atoms with Gasteiger partial charge in [-0.15, -0.1) is 11.3 Å². The highest BCUT2D eigenvalue weighted by molar-refractivity contribution is 7.10. The minimum Gasteiger partial charge on any atom is -0.454 e. The van der Waals surface area contributed by atoms with Crippen LogP contribution in [0.4, 0.5) is 15.8 Å². The van der Waals surface area contributed by atoms with Crippen LogP contribution in [0.25, 0.3) is 0 Å². The molecule has 0 saturated carbocycles. The zero-order valence-corrected chi connectivity index (χ0v) is 22.2. The minimum absolute atomic E-state index is 0.0616. The first-order valence-corrected chi connectivity index (χ1v) is 13.5. The number of rotatable bonds is 8. The number of hydrogen-bond acceptors (Lipinski definition) is 7. The van der Waals surface area contributed by atoms with Crippen LogP contribution >= 0.6 is 11.3 Å². The van der Waals surface area contributed by atoms with Crippen molar-refractivity contribution >= 4 is 46.2 Å². The Balaban J connectivity index is 1.35. The first-order valence-electron chi connectivity index (χ1n) is 12.6. The molecule has 41 heavy (non-hydrogen) atoms. The van der Waals surface area contributed by atoms with Crippen molar-refractivity contribution in [3.8, 4) is 11.5 Å². The Labute approximate surface area is 237 Å². The summed E-state index contributed by atoms with van der Waals surface area (Å²) in [5.41, 5.74) is 1.55. The van der Waals surface area contributed by atoms with E-state index >= 15 is 0 Å². The number of hydrogen-bond donors (Lipinski definition) is 1. The number of carbonyl (C=O) groups excluding carboxylic acids is 4. The van der Waals surface area contributed by atoms with E-state index in [0.29, 0.717) is 33.3 Å². The maximum atomic E-state index is 14.0. The second kappa shape index (κ2) is 10.9. The van der Waals surface area contributed by atoms with E-state index in [0.717, 1.165) is 4.90 Å². The van der Waals surface area contributed by atoms with Crippen LogP contribution in [-0.4, -0.2) is 41.7 Å². The Kier molecular flexibility index (Phi) is 6.94. The van der Waals surface area contributed by atoms with E-state index in [2.05, 4.69) is 5.32 Å². The molecular formula is C30H22FN3O6S. The molecule has 0 bridgehead atoms. The Morgan fingerprint density at radius 1 is 0.976 bits per heavy atom. The molecule has 3 heterocycles. The Bertz CT molecular complexity index is 1660. The number of nitrogens with zero attached hydrogens (tertiary/aromatic N) is 2. The van der Waals surface area contributed by atoms with Crippen LogP contribution in [0.1, 0.15) is 26.8 Å². The van der Waals surface area contributed by atoms with Gasteiger partial charge in [-0.3, -0.25) is 24.1 Å². The van der Waals surface area contributed by atoms with Crippen molar-refractivity contribution in [2.45, 2.75) is 12.6 Å². The number of halogens is 1. The molecule has 0 radical (unpaired) electrons. The lowest BCUT2D eigenvalue weighted by molar-refractivity contribution is -0.138. The molecule has 9 nitrogen and oxygen atoms in total. The Hall–Kier alpha value is -5.03. The van der Waals surface area contributed by atoms with Crippen LogP contribution < -0.4 is 19.7 Å². The van der Waals surface area contributed by atoms with Gasteiger partial charge in [-0.05, 0) is 53.4 Å². The van der Waals surface area contributed by atoms with Crippen LogP contribution in [0, 0.1) is 5.82 Å². The molecule has 3 amide bonds. The fraction of sp³-hybridized carbons (Fsp3) is 0.133. The maximum absolute atomic E-state index is 14.0. The third kappa shape index (κ3) is 5.14. The minimum atomic E-state index is -1.11. The van der Waals surface area contributed by atoms with Crippen molar-refractivity contribution in [2.75, 3.05) is 23.6 Å². The molecule has 11 heteroatoms.